The maximum atomic E-state index is 3.08. The minimum atomic E-state index is 0. The van der Waals surface area contributed by atoms with Crippen molar-refractivity contribution in [1.82, 2.24) is 0 Å². The van der Waals surface area contributed by atoms with Crippen LogP contribution in [0.3, 0.4) is 0 Å². The molecule has 0 N–H and O–H groups in total. The van der Waals surface area contributed by atoms with E-state index in [2.05, 4.69) is 11.9 Å². The zero-order chi connectivity index (χ0) is 4.24. The summed E-state index contributed by atoms with van der Waals surface area (Å²) in [5.41, 5.74) is 0. The van der Waals surface area contributed by atoms with Crippen LogP contribution in [0.4, 0.5) is 0 Å². The SMILES string of the molecule is [C-]1=PCCC=C1.[Fe]. The molecule has 7 heavy (non-hydrogen) atoms. The molecule has 0 bridgehead atoms. The molecule has 0 saturated carbocycles. The second-order valence-electron chi connectivity index (χ2n) is 1.20. The molecule has 1 rings (SSSR count). The van der Waals surface area contributed by atoms with Gasteiger partial charge in [-0.25, -0.2) is 26.2 Å². The van der Waals surface area contributed by atoms with E-state index >= 15 is 0 Å². The zero-order valence-corrected chi connectivity index (χ0v) is 5.87. The summed E-state index contributed by atoms with van der Waals surface area (Å²) in [5, 5.41) is 0. The van der Waals surface area contributed by atoms with Crippen LogP contribution in [0.2, 0.25) is 0 Å². The Bertz CT molecular complexity index is 74.1. The third-order valence-corrected chi connectivity index (χ3v) is 1.50. The minimum Gasteiger partial charge on any atom is -0.234 e. The van der Waals surface area contributed by atoms with Crippen molar-refractivity contribution in [2.24, 2.45) is 0 Å². The van der Waals surface area contributed by atoms with Crippen LogP contribution in [0.15, 0.2) is 12.2 Å². The molecule has 0 atom stereocenters. The fraction of sp³-hybridized carbons (Fsp3) is 0.400. The Morgan fingerprint density at radius 2 is 2.43 bits per heavy atom. The van der Waals surface area contributed by atoms with Crippen LogP contribution >= 0.6 is 8.20 Å². The van der Waals surface area contributed by atoms with Crippen molar-refractivity contribution in [2.45, 2.75) is 6.42 Å². The van der Waals surface area contributed by atoms with Crippen LogP contribution in [0.5, 0.6) is 0 Å². The average molecular weight is 153 g/mol. The van der Waals surface area contributed by atoms with E-state index in [1.165, 1.54) is 20.8 Å². The van der Waals surface area contributed by atoms with Gasteiger partial charge in [-0.1, -0.05) is 6.42 Å². The first-order valence-electron chi connectivity index (χ1n) is 2.07. The first-order chi connectivity index (χ1) is 3.00. The number of hydrogen-bond acceptors (Lipinski definition) is 0. The molecule has 1 heterocycles. The molecule has 0 spiro atoms. The molecule has 0 radical (unpaired) electrons. The van der Waals surface area contributed by atoms with Crippen molar-refractivity contribution >= 4 is 14.0 Å². The summed E-state index contributed by atoms with van der Waals surface area (Å²) in [6.07, 6.45) is 6.67. The molecular formula is C5H6FeP-. The Labute approximate surface area is 56.3 Å². The first-order valence-corrected chi connectivity index (χ1v) is 3.15. The summed E-state index contributed by atoms with van der Waals surface area (Å²) >= 11 is 0. The van der Waals surface area contributed by atoms with E-state index in [0.29, 0.717) is 0 Å². The minimum absolute atomic E-state index is 0. The van der Waals surface area contributed by atoms with E-state index in [4.69, 9.17) is 0 Å². The van der Waals surface area contributed by atoms with E-state index in [0.717, 1.165) is 0 Å². The summed E-state index contributed by atoms with van der Waals surface area (Å²) in [5.74, 6) is 3.08. The molecule has 40 valence electrons. The Morgan fingerprint density at radius 1 is 1.57 bits per heavy atom. The predicted octanol–water partition coefficient (Wildman–Crippen LogP) is 1.57. The molecule has 0 aliphatic carbocycles. The molecule has 0 amide bonds. The van der Waals surface area contributed by atoms with Crippen LogP contribution < -0.4 is 0 Å². The van der Waals surface area contributed by atoms with Crippen LogP contribution in [0.25, 0.3) is 0 Å². The van der Waals surface area contributed by atoms with Gasteiger partial charge in [0.15, 0.2) is 0 Å². The summed E-state index contributed by atoms with van der Waals surface area (Å²) in [4.78, 5) is 0. The van der Waals surface area contributed by atoms with E-state index in [1.807, 2.05) is 6.08 Å². The Hall–Kier alpha value is 0.429. The Morgan fingerprint density at radius 3 is 2.57 bits per heavy atom. The second-order valence-corrected chi connectivity index (χ2v) is 2.22. The van der Waals surface area contributed by atoms with Crippen molar-refractivity contribution in [3.05, 3.63) is 12.2 Å². The van der Waals surface area contributed by atoms with Gasteiger partial charge in [-0.2, -0.15) is 0 Å². The summed E-state index contributed by atoms with van der Waals surface area (Å²) < 4.78 is 0. The molecule has 1 aliphatic rings. The van der Waals surface area contributed by atoms with Crippen LogP contribution in [-0.4, -0.2) is 12.0 Å². The van der Waals surface area contributed by atoms with E-state index in [1.54, 1.807) is 0 Å². The fourth-order valence-electron chi connectivity index (χ4n) is 0.392. The van der Waals surface area contributed by atoms with E-state index < -0.39 is 0 Å². The molecule has 0 aromatic carbocycles. The average Bonchev–Trinajstić information content (AvgIpc) is 1.72. The van der Waals surface area contributed by atoms with Crippen LogP contribution in [-0.2, 0) is 17.1 Å². The van der Waals surface area contributed by atoms with Crippen molar-refractivity contribution in [3.8, 4) is 0 Å². The molecule has 1 aliphatic heterocycles. The summed E-state index contributed by atoms with van der Waals surface area (Å²) in [6.45, 7) is 0. The molecule has 0 aromatic rings. The van der Waals surface area contributed by atoms with Crippen LogP contribution in [0.1, 0.15) is 6.42 Å². The Balaban J connectivity index is 0.000000360. The smallest absolute Gasteiger partial charge is 0 e. The van der Waals surface area contributed by atoms with Gasteiger partial charge >= 0.3 is 0 Å². The predicted molar refractivity (Wildman–Crippen MR) is 30.6 cm³/mol. The van der Waals surface area contributed by atoms with Gasteiger partial charge in [0, 0.05) is 17.1 Å². The number of allylic oxidation sites excluding steroid dienone is 2. The van der Waals surface area contributed by atoms with Gasteiger partial charge in [-0.05, 0) is 6.16 Å². The van der Waals surface area contributed by atoms with E-state index in [-0.39, 0.29) is 17.1 Å². The van der Waals surface area contributed by atoms with Crippen molar-refractivity contribution in [2.75, 3.05) is 6.16 Å². The fourth-order valence-corrected chi connectivity index (χ4v) is 1.01. The second kappa shape index (κ2) is 4.59. The largest absolute Gasteiger partial charge is 0.234 e. The van der Waals surface area contributed by atoms with Gasteiger partial charge in [-0.3, -0.25) is 0 Å². The normalized spacial score (nSPS) is 18.3. The standard InChI is InChI=1S/C5H6P.Fe/c1-2-4-6-5-3-1;/h1-2H,3,5H2;/q-1;. The third-order valence-electron chi connectivity index (χ3n) is 0.691. The molecule has 0 aromatic heterocycles. The maximum absolute atomic E-state index is 3.08. The van der Waals surface area contributed by atoms with Gasteiger partial charge in [0.25, 0.3) is 0 Å². The number of hydrogen-bond donors (Lipinski definition) is 0. The van der Waals surface area contributed by atoms with Crippen molar-refractivity contribution in [3.63, 3.8) is 0 Å². The Kier molecular flexibility index (Phi) is 4.87. The molecule has 0 unspecified atom stereocenters. The molecule has 0 nitrogen and oxygen atoms in total. The van der Waals surface area contributed by atoms with Gasteiger partial charge in [0.2, 0.25) is 0 Å². The van der Waals surface area contributed by atoms with Crippen LogP contribution in [0, 0.1) is 0 Å². The first kappa shape index (κ1) is 7.43. The third kappa shape index (κ3) is 3.05. The van der Waals surface area contributed by atoms with E-state index in [9.17, 15) is 0 Å². The van der Waals surface area contributed by atoms with Gasteiger partial charge < -0.3 is 0 Å². The quantitative estimate of drug-likeness (QED) is 0.281. The maximum Gasteiger partial charge on any atom is 0 e. The van der Waals surface area contributed by atoms with Gasteiger partial charge in [0.05, 0.1) is 0 Å². The van der Waals surface area contributed by atoms with Crippen molar-refractivity contribution < 1.29 is 17.1 Å². The van der Waals surface area contributed by atoms with Gasteiger partial charge in [0.1, 0.15) is 0 Å². The topological polar surface area (TPSA) is 0 Å². The summed E-state index contributed by atoms with van der Waals surface area (Å²) in [6, 6.07) is 0. The molecule has 0 saturated heterocycles. The van der Waals surface area contributed by atoms with Gasteiger partial charge in [-0.15, -0.1) is 0 Å². The molecular weight excluding hydrogens is 147 g/mol. The van der Waals surface area contributed by atoms with Crippen molar-refractivity contribution in [1.29, 1.82) is 0 Å². The monoisotopic (exact) mass is 153 g/mol. The zero-order valence-electron chi connectivity index (χ0n) is 3.87. The molecule has 0 fully saturated rings. The number of rotatable bonds is 0. The molecule has 2 heteroatoms. The summed E-state index contributed by atoms with van der Waals surface area (Å²) in [7, 11) is 1.36.